The summed E-state index contributed by atoms with van der Waals surface area (Å²) >= 11 is 0. The zero-order valence-corrected chi connectivity index (χ0v) is 11.0. The zero-order chi connectivity index (χ0) is 10.6. The Morgan fingerprint density at radius 3 is 2.07 bits per heavy atom. The van der Waals surface area contributed by atoms with E-state index in [2.05, 4.69) is 33.9 Å². The minimum absolute atomic E-state index is 0.334. The van der Waals surface area contributed by atoms with Crippen LogP contribution >= 0.6 is 0 Å². The monoisotopic (exact) mass is 214 g/mol. The quantitative estimate of drug-likeness (QED) is 0.521. The van der Waals surface area contributed by atoms with E-state index in [9.17, 15) is 0 Å². The molecule has 0 aromatic heterocycles. The fourth-order valence-electron chi connectivity index (χ4n) is 1.90. The molecule has 82 valence electrons. The van der Waals surface area contributed by atoms with E-state index in [1.165, 1.54) is 0 Å². The third-order valence-electron chi connectivity index (χ3n) is 3.95. The van der Waals surface area contributed by atoms with Gasteiger partial charge >= 0.3 is 0 Å². The van der Waals surface area contributed by atoms with Gasteiger partial charge in [-0.1, -0.05) is 20.8 Å². The normalized spacial score (nSPS) is 37.1. The highest BCUT2D eigenvalue weighted by molar-refractivity contribution is 6.74. The molecule has 2 aliphatic rings. The first-order chi connectivity index (χ1) is 6.29. The summed E-state index contributed by atoms with van der Waals surface area (Å²) < 4.78 is 11.7. The molecule has 0 amide bonds. The van der Waals surface area contributed by atoms with E-state index < -0.39 is 8.32 Å². The van der Waals surface area contributed by atoms with E-state index in [0.717, 1.165) is 12.8 Å². The maximum Gasteiger partial charge on any atom is 0.192 e. The Bertz CT molecular complexity index is 222. The van der Waals surface area contributed by atoms with Crippen molar-refractivity contribution in [2.75, 3.05) is 0 Å². The van der Waals surface area contributed by atoms with Crippen LogP contribution in [0.1, 0.15) is 33.6 Å². The highest BCUT2D eigenvalue weighted by atomic mass is 28.4. The molecular formula is C11H22O2Si. The molecule has 0 aromatic carbocycles. The van der Waals surface area contributed by atoms with Crippen LogP contribution < -0.4 is 0 Å². The molecule has 2 fully saturated rings. The number of fused-ring (bicyclic) bond motifs is 1. The SMILES string of the molecule is CC(C)(C)[Si](C)(C)OC1CC2O[C@@H]2C1. The largest absolute Gasteiger partial charge is 0.414 e. The second-order valence-electron chi connectivity index (χ2n) is 6.18. The molecule has 1 aliphatic heterocycles. The molecule has 0 aromatic rings. The van der Waals surface area contributed by atoms with Gasteiger partial charge in [-0.25, -0.2) is 0 Å². The average molecular weight is 214 g/mol. The molecule has 0 bridgehead atoms. The molecule has 1 aliphatic carbocycles. The van der Waals surface area contributed by atoms with Crippen molar-refractivity contribution < 1.29 is 9.16 Å². The lowest BCUT2D eigenvalue weighted by molar-refractivity contribution is 0.136. The summed E-state index contributed by atoms with van der Waals surface area (Å²) in [7, 11) is -1.53. The first-order valence-electron chi connectivity index (χ1n) is 5.63. The highest BCUT2D eigenvalue weighted by Crippen LogP contribution is 2.44. The van der Waals surface area contributed by atoms with Gasteiger partial charge in [0.2, 0.25) is 0 Å². The van der Waals surface area contributed by atoms with Gasteiger partial charge in [0.15, 0.2) is 8.32 Å². The van der Waals surface area contributed by atoms with Crippen LogP contribution in [0.4, 0.5) is 0 Å². The maximum absolute atomic E-state index is 6.32. The summed E-state index contributed by atoms with van der Waals surface area (Å²) in [6.45, 7) is 11.6. The summed E-state index contributed by atoms with van der Waals surface area (Å²) in [4.78, 5) is 0. The smallest absolute Gasteiger partial charge is 0.192 e. The topological polar surface area (TPSA) is 21.8 Å². The standard InChI is InChI=1S/C11H22O2Si/c1-11(2,3)14(4,5)13-8-6-9-10(7-8)12-9/h8-10H,6-7H2,1-5H3/t8?,9-,10?/m1/s1. The third kappa shape index (κ3) is 1.90. The van der Waals surface area contributed by atoms with Crippen molar-refractivity contribution in [1.82, 2.24) is 0 Å². The minimum atomic E-state index is -1.53. The van der Waals surface area contributed by atoms with Crippen LogP contribution in [-0.2, 0) is 9.16 Å². The second-order valence-corrected chi connectivity index (χ2v) is 10.9. The van der Waals surface area contributed by atoms with Crippen molar-refractivity contribution in [3.05, 3.63) is 0 Å². The number of epoxide rings is 1. The molecule has 1 heterocycles. The molecule has 0 radical (unpaired) electrons. The van der Waals surface area contributed by atoms with Gasteiger partial charge in [-0.05, 0) is 18.1 Å². The van der Waals surface area contributed by atoms with Crippen molar-refractivity contribution in [3.63, 3.8) is 0 Å². The third-order valence-corrected chi connectivity index (χ3v) is 8.48. The number of hydrogen-bond donors (Lipinski definition) is 0. The van der Waals surface area contributed by atoms with E-state index in [4.69, 9.17) is 9.16 Å². The molecule has 2 nitrogen and oxygen atoms in total. The van der Waals surface area contributed by atoms with Gasteiger partial charge in [0.25, 0.3) is 0 Å². The van der Waals surface area contributed by atoms with Gasteiger partial charge in [0.05, 0.1) is 18.3 Å². The molecule has 14 heavy (non-hydrogen) atoms. The van der Waals surface area contributed by atoms with E-state index in [0.29, 0.717) is 23.4 Å². The summed E-state index contributed by atoms with van der Waals surface area (Å²) in [6, 6.07) is 0. The van der Waals surface area contributed by atoms with Gasteiger partial charge in [-0.2, -0.15) is 0 Å². The average Bonchev–Trinajstić information content (AvgIpc) is 2.56. The van der Waals surface area contributed by atoms with Crippen molar-refractivity contribution in [1.29, 1.82) is 0 Å². The molecule has 3 heteroatoms. The van der Waals surface area contributed by atoms with Gasteiger partial charge < -0.3 is 9.16 Å². The van der Waals surface area contributed by atoms with E-state index in [1.54, 1.807) is 0 Å². The van der Waals surface area contributed by atoms with Crippen molar-refractivity contribution in [2.24, 2.45) is 0 Å². The van der Waals surface area contributed by atoms with Crippen LogP contribution in [-0.4, -0.2) is 26.6 Å². The summed E-state index contributed by atoms with van der Waals surface area (Å²) in [5.41, 5.74) is 0. The molecular weight excluding hydrogens is 192 g/mol. The first kappa shape index (κ1) is 10.6. The molecule has 0 N–H and O–H groups in total. The molecule has 0 spiro atoms. The van der Waals surface area contributed by atoms with E-state index in [-0.39, 0.29) is 0 Å². The van der Waals surface area contributed by atoms with Crippen LogP contribution in [0.5, 0.6) is 0 Å². The Morgan fingerprint density at radius 2 is 1.64 bits per heavy atom. The van der Waals surface area contributed by atoms with Crippen LogP contribution in [0.2, 0.25) is 18.1 Å². The van der Waals surface area contributed by atoms with E-state index in [1.807, 2.05) is 0 Å². The first-order valence-corrected chi connectivity index (χ1v) is 8.54. The zero-order valence-electron chi connectivity index (χ0n) is 9.96. The van der Waals surface area contributed by atoms with Crippen LogP contribution in [0, 0.1) is 0 Å². The van der Waals surface area contributed by atoms with Gasteiger partial charge in [0, 0.05) is 12.8 Å². The Balaban J connectivity index is 1.90. The molecule has 2 rings (SSSR count). The molecule has 1 saturated carbocycles. The number of hydrogen-bond acceptors (Lipinski definition) is 2. The fourth-order valence-corrected chi connectivity index (χ4v) is 3.28. The molecule has 3 atom stereocenters. The van der Waals surface area contributed by atoms with Gasteiger partial charge in [-0.3, -0.25) is 0 Å². The lowest BCUT2D eigenvalue weighted by atomic mass is 10.2. The molecule has 2 unspecified atom stereocenters. The number of rotatable bonds is 2. The van der Waals surface area contributed by atoms with Crippen molar-refractivity contribution >= 4 is 8.32 Å². The summed E-state index contributed by atoms with van der Waals surface area (Å²) in [5, 5.41) is 0.334. The Labute approximate surface area is 88.1 Å². The Hall–Kier alpha value is 0.137. The van der Waals surface area contributed by atoms with Gasteiger partial charge in [0.1, 0.15) is 0 Å². The van der Waals surface area contributed by atoms with E-state index >= 15 is 0 Å². The maximum atomic E-state index is 6.32. The van der Waals surface area contributed by atoms with Gasteiger partial charge in [-0.15, -0.1) is 0 Å². The van der Waals surface area contributed by atoms with Crippen LogP contribution in [0.3, 0.4) is 0 Å². The van der Waals surface area contributed by atoms with Crippen molar-refractivity contribution in [3.8, 4) is 0 Å². The van der Waals surface area contributed by atoms with Crippen molar-refractivity contribution in [2.45, 2.75) is 70.1 Å². The minimum Gasteiger partial charge on any atom is -0.414 e. The predicted molar refractivity (Wildman–Crippen MR) is 60.0 cm³/mol. The summed E-state index contributed by atoms with van der Waals surface area (Å²) in [5.74, 6) is 0. The van der Waals surface area contributed by atoms with Crippen LogP contribution in [0.15, 0.2) is 0 Å². The second kappa shape index (κ2) is 3.06. The lowest BCUT2D eigenvalue weighted by Crippen LogP contribution is -2.43. The predicted octanol–water partition coefficient (Wildman–Crippen LogP) is 2.94. The highest BCUT2D eigenvalue weighted by Gasteiger charge is 2.50. The fraction of sp³-hybridized carbons (Fsp3) is 1.00. The Morgan fingerprint density at radius 1 is 1.14 bits per heavy atom. The lowest BCUT2D eigenvalue weighted by Gasteiger charge is -2.38. The Kier molecular flexibility index (Phi) is 2.33. The summed E-state index contributed by atoms with van der Waals surface area (Å²) in [6.07, 6.45) is 3.85. The number of ether oxygens (including phenoxy) is 1. The van der Waals surface area contributed by atoms with Crippen LogP contribution in [0.25, 0.3) is 0 Å². The molecule has 1 saturated heterocycles.